The number of alkyl halides is 1. The van der Waals surface area contributed by atoms with Gasteiger partial charge in [0, 0.05) is 5.56 Å². The number of benzene rings is 1. The molecule has 0 heterocycles. The van der Waals surface area contributed by atoms with Gasteiger partial charge in [0.05, 0.1) is 6.61 Å². The predicted molar refractivity (Wildman–Crippen MR) is 70.3 cm³/mol. The molecule has 1 atom stereocenters. The number of hydrogen-bond acceptors (Lipinski definition) is 1. The van der Waals surface area contributed by atoms with Gasteiger partial charge in [0.15, 0.2) is 5.67 Å². The van der Waals surface area contributed by atoms with Crippen molar-refractivity contribution in [3.05, 3.63) is 42.0 Å². The van der Waals surface area contributed by atoms with Gasteiger partial charge < -0.3 is 4.74 Å². The maximum absolute atomic E-state index is 14.4. The van der Waals surface area contributed by atoms with Crippen LogP contribution >= 0.6 is 0 Å². The van der Waals surface area contributed by atoms with Crippen LogP contribution in [0.4, 0.5) is 4.39 Å². The summed E-state index contributed by atoms with van der Waals surface area (Å²) in [5, 5.41) is 0. The van der Waals surface area contributed by atoms with E-state index in [1.165, 1.54) is 13.0 Å². The molecule has 94 valence electrons. The fourth-order valence-corrected chi connectivity index (χ4v) is 1.73. The van der Waals surface area contributed by atoms with Crippen molar-refractivity contribution in [3.8, 4) is 5.75 Å². The third kappa shape index (κ3) is 3.09. The summed E-state index contributed by atoms with van der Waals surface area (Å²) in [4.78, 5) is 0. The van der Waals surface area contributed by atoms with Crippen molar-refractivity contribution in [1.29, 1.82) is 0 Å². The molecule has 17 heavy (non-hydrogen) atoms. The summed E-state index contributed by atoms with van der Waals surface area (Å²) in [5.41, 5.74) is 0.0656. The quantitative estimate of drug-likeness (QED) is 0.665. The summed E-state index contributed by atoms with van der Waals surface area (Å²) < 4.78 is 20.1. The predicted octanol–water partition coefficient (Wildman–Crippen LogP) is 4.41. The number of halogens is 1. The van der Waals surface area contributed by atoms with Gasteiger partial charge in [-0.05, 0) is 25.3 Å². The van der Waals surface area contributed by atoms with Gasteiger partial charge in [-0.1, -0.05) is 44.7 Å². The molecule has 0 amide bonds. The van der Waals surface area contributed by atoms with Crippen molar-refractivity contribution in [2.75, 3.05) is 6.61 Å². The summed E-state index contributed by atoms with van der Waals surface area (Å²) in [6, 6.07) is 5.62. The Morgan fingerprint density at radius 3 is 2.65 bits per heavy atom. The Bertz CT molecular complexity index is 383. The lowest BCUT2D eigenvalue weighted by Crippen LogP contribution is -2.14. The highest BCUT2D eigenvalue weighted by atomic mass is 19.1. The number of rotatable bonds is 6. The van der Waals surface area contributed by atoms with Crippen molar-refractivity contribution >= 4 is 0 Å². The molecule has 0 spiro atoms. The molecule has 2 heteroatoms. The van der Waals surface area contributed by atoms with E-state index in [1.807, 2.05) is 26.0 Å². The molecule has 0 aliphatic rings. The van der Waals surface area contributed by atoms with E-state index in [4.69, 9.17) is 4.74 Å². The lowest BCUT2D eigenvalue weighted by atomic mass is 9.94. The highest BCUT2D eigenvalue weighted by Gasteiger charge is 2.26. The number of aryl methyl sites for hydroxylation is 1. The molecule has 0 fully saturated rings. The van der Waals surface area contributed by atoms with Crippen molar-refractivity contribution < 1.29 is 9.13 Å². The summed E-state index contributed by atoms with van der Waals surface area (Å²) >= 11 is 0. The van der Waals surface area contributed by atoms with Crippen LogP contribution < -0.4 is 4.74 Å². The molecule has 0 N–H and O–H groups in total. The number of hydrogen-bond donors (Lipinski definition) is 0. The van der Waals surface area contributed by atoms with Gasteiger partial charge >= 0.3 is 0 Å². The summed E-state index contributed by atoms with van der Waals surface area (Å²) in [5.74, 6) is 0.682. The fraction of sp³-hybridized carbons (Fsp3) is 0.467. The molecule has 0 bridgehead atoms. The van der Waals surface area contributed by atoms with Gasteiger partial charge in [-0.15, -0.1) is 0 Å². The largest absolute Gasteiger partial charge is 0.493 e. The van der Waals surface area contributed by atoms with Gasteiger partial charge in [-0.2, -0.15) is 0 Å². The van der Waals surface area contributed by atoms with Gasteiger partial charge in [0.1, 0.15) is 5.75 Å². The maximum Gasteiger partial charge on any atom is 0.154 e. The van der Waals surface area contributed by atoms with Crippen molar-refractivity contribution in [2.45, 2.75) is 39.3 Å². The Morgan fingerprint density at radius 2 is 2.12 bits per heavy atom. The van der Waals surface area contributed by atoms with E-state index in [-0.39, 0.29) is 0 Å². The molecule has 0 aliphatic carbocycles. The molecule has 0 aromatic heterocycles. The normalized spacial score (nSPS) is 14.1. The summed E-state index contributed by atoms with van der Waals surface area (Å²) in [7, 11) is 0. The second kappa shape index (κ2) is 5.85. The van der Waals surface area contributed by atoms with Gasteiger partial charge in [0.25, 0.3) is 0 Å². The molecule has 1 aromatic rings. The highest BCUT2D eigenvalue weighted by Crippen LogP contribution is 2.36. The number of ether oxygens (including phenoxy) is 1. The summed E-state index contributed by atoms with van der Waals surface area (Å²) in [6.07, 6.45) is 3.06. The Labute approximate surface area is 103 Å². The second-order valence-corrected chi connectivity index (χ2v) is 4.28. The zero-order valence-electron chi connectivity index (χ0n) is 10.9. The van der Waals surface area contributed by atoms with Crippen molar-refractivity contribution in [2.24, 2.45) is 0 Å². The molecule has 0 aliphatic heterocycles. The second-order valence-electron chi connectivity index (χ2n) is 4.28. The van der Waals surface area contributed by atoms with Crippen LogP contribution in [0.1, 0.15) is 38.3 Å². The first-order valence-electron chi connectivity index (χ1n) is 6.14. The summed E-state index contributed by atoms with van der Waals surface area (Å²) in [6.45, 7) is 9.75. The van der Waals surface area contributed by atoms with Crippen LogP contribution in [0, 0.1) is 0 Å². The minimum atomic E-state index is -1.55. The average Bonchev–Trinajstić information content (AvgIpc) is 2.35. The van der Waals surface area contributed by atoms with E-state index in [0.29, 0.717) is 17.9 Å². The van der Waals surface area contributed by atoms with Gasteiger partial charge in [-0.25, -0.2) is 4.39 Å². The number of allylic oxidation sites excluding steroid dienone is 1. The molecule has 1 unspecified atom stereocenters. The average molecular weight is 236 g/mol. The van der Waals surface area contributed by atoms with E-state index in [0.717, 1.165) is 18.4 Å². The van der Waals surface area contributed by atoms with Crippen LogP contribution in [-0.4, -0.2) is 6.61 Å². The van der Waals surface area contributed by atoms with E-state index in [9.17, 15) is 4.39 Å². The molecule has 0 saturated heterocycles. The van der Waals surface area contributed by atoms with Crippen LogP contribution in [0.2, 0.25) is 0 Å². The zero-order chi connectivity index (χ0) is 12.9. The minimum absolute atomic E-state index is 0.570. The first-order chi connectivity index (χ1) is 8.06. The fourth-order valence-electron chi connectivity index (χ4n) is 1.73. The molecule has 1 nitrogen and oxygen atoms in total. The maximum atomic E-state index is 14.4. The van der Waals surface area contributed by atoms with Crippen molar-refractivity contribution in [3.63, 3.8) is 0 Å². The molecular formula is C15H21FO. The lowest BCUT2D eigenvalue weighted by Gasteiger charge is -2.22. The highest BCUT2D eigenvalue weighted by molar-refractivity contribution is 5.46. The van der Waals surface area contributed by atoms with Crippen LogP contribution in [0.5, 0.6) is 5.75 Å². The van der Waals surface area contributed by atoms with E-state index in [2.05, 4.69) is 6.58 Å². The lowest BCUT2D eigenvalue weighted by molar-refractivity contribution is 0.242. The zero-order valence-corrected chi connectivity index (χ0v) is 10.9. The molecular weight excluding hydrogens is 215 g/mol. The van der Waals surface area contributed by atoms with Gasteiger partial charge in [0.2, 0.25) is 0 Å². The molecule has 0 radical (unpaired) electrons. The smallest absolute Gasteiger partial charge is 0.154 e. The first-order valence-corrected chi connectivity index (χ1v) is 6.14. The number of para-hydroxylation sites is 1. The van der Waals surface area contributed by atoms with E-state index >= 15 is 0 Å². The Morgan fingerprint density at radius 1 is 1.41 bits per heavy atom. The standard InChI is InChI=1S/C15H21FO/c1-5-11-17-14-12(6-2)9-8-10-13(14)15(4,16)7-3/h7-10H,3,5-6,11H2,1-2,4H3. The van der Waals surface area contributed by atoms with Crippen LogP contribution in [-0.2, 0) is 12.1 Å². The first kappa shape index (κ1) is 13.8. The topological polar surface area (TPSA) is 9.23 Å². The van der Waals surface area contributed by atoms with Crippen LogP contribution in [0.25, 0.3) is 0 Å². The van der Waals surface area contributed by atoms with E-state index in [1.54, 1.807) is 6.07 Å². The molecule has 1 rings (SSSR count). The molecule has 0 saturated carbocycles. The molecule has 1 aromatic carbocycles. The Kier molecular flexibility index (Phi) is 4.73. The van der Waals surface area contributed by atoms with Crippen molar-refractivity contribution in [1.82, 2.24) is 0 Å². The van der Waals surface area contributed by atoms with E-state index < -0.39 is 5.67 Å². The SMILES string of the molecule is C=CC(C)(F)c1cccc(CC)c1OCCC. The van der Waals surface area contributed by atoms with Crippen LogP contribution in [0.15, 0.2) is 30.9 Å². The van der Waals surface area contributed by atoms with Crippen LogP contribution in [0.3, 0.4) is 0 Å². The Hall–Kier alpha value is -1.31. The monoisotopic (exact) mass is 236 g/mol. The third-order valence-corrected chi connectivity index (χ3v) is 2.84. The van der Waals surface area contributed by atoms with Gasteiger partial charge in [-0.3, -0.25) is 0 Å². The third-order valence-electron chi connectivity index (χ3n) is 2.84. The minimum Gasteiger partial charge on any atom is -0.493 e. The Balaban J connectivity index is 3.23.